The first-order valence-electron chi connectivity index (χ1n) is 7.73. The van der Waals surface area contributed by atoms with Crippen molar-refractivity contribution in [2.24, 2.45) is 0 Å². The molecule has 0 fully saturated rings. The van der Waals surface area contributed by atoms with Crippen LogP contribution in [-0.4, -0.2) is 14.7 Å². The first-order valence-corrected chi connectivity index (χ1v) is 7.73. The lowest BCUT2D eigenvalue weighted by Gasteiger charge is -2.08. The van der Waals surface area contributed by atoms with Gasteiger partial charge in [0.25, 0.3) is 5.56 Å². The molecule has 2 aromatic heterocycles. The van der Waals surface area contributed by atoms with Crippen LogP contribution in [0.4, 0.5) is 0 Å². The van der Waals surface area contributed by atoms with Gasteiger partial charge < -0.3 is 14.7 Å². The molecule has 0 saturated heterocycles. The second-order valence-electron chi connectivity index (χ2n) is 5.88. The topological polar surface area (TPSA) is 58.0 Å². The van der Waals surface area contributed by atoms with Crippen LogP contribution in [-0.2, 0) is 0 Å². The molecule has 0 amide bonds. The molecule has 4 rings (SSSR count). The van der Waals surface area contributed by atoms with Crippen LogP contribution in [0.3, 0.4) is 0 Å². The van der Waals surface area contributed by atoms with Crippen molar-refractivity contribution in [2.45, 2.75) is 6.92 Å². The lowest BCUT2D eigenvalue weighted by atomic mass is 10.0. The van der Waals surface area contributed by atoms with Gasteiger partial charge >= 0.3 is 0 Å². The van der Waals surface area contributed by atoms with Crippen LogP contribution in [0, 0.1) is 6.92 Å². The van der Waals surface area contributed by atoms with Crippen molar-refractivity contribution in [2.75, 3.05) is 0 Å². The highest BCUT2D eigenvalue weighted by atomic mass is 16.3. The van der Waals surface area contributed by atoms with Gasteiger partial charge in [0.1, 0.15) is 11.3 Å². The minimum Gasteiger partial charge on any atom is -0.505 e. The quantitative estimate of drug-likeness (QED) is 0.587. The largest absolute Gasteiger partial charge is 0.505 e. The Balaban J connectivity index is 1.78. The average Bonchev–Trinajstić information content (AvgIpc) is 3.00. The van der Waals surface area contributed by atoms with E-state index in [0.29, 0.717) is 11.0 Å². The molecular formula is C20H16N2O2. The number of pyridine rings is 1. The van der Waals surface area contributed by atoms with Gasteiger partial charge in [0.2, 0.25) is 0 Å². The third kappa shape index (κ3) is 2.38. The molecule has 0 aliphatic heterocycles. The average molecular weight is 316 g/mol. The third-order valence-electron chi connectivity index (χ3n) is 4.18. The Labute approximate surface area is 138 Å². The van der Waals surface area contributed by atoms with E-state index in [0.717, 1.165) is 16.8 Å². The van der Waals surface area contributed by atoms with Crippen molar-refractivity contribution in [1.29, 1.82) is 0 Å². The van der Waals surface area contributed by atoms with Crippen molar-refractivity contribution < 1.29 is 5.11 Å². The van der Waals surface area contributed by atoms with Gasteiger partial charge in [0.05, 0.1) is 5.52 Å². The molecule has 0 unspecified atom stereocenters. The maximum absolute atomic E-state index is 11.5. The summed E-state index contributed by atoms with van der Waals surface area (Å²) in [4.78, 5) is 14.2. The number of aromatic hydroxyl groups is 1. The second-order valence-corrected chi connectivity index (χ2v) is 5.88. The van der Waals surface area contributed by atoms with Crippen LogP contribution in [0.25, 0.3) is 27.8 Å². The molecule has 2 N–H and O–H groups in total. The lowest BCUT2D eigenvalue weighted by molar-refractivity contribution is 0.478. The predicted octanol–water partition coefficient (Wildman–Crippen LogP) is 4.00. The zero-order valence-electron chi connectivity index (χ0n) is 13.2. The molecule has 0 bridgehead atoms. The minimum atomic E-state index is -0.313. The van der Waals surface area contributed by atoms with Gasteiger partial charge in [-0.1, -0.05) is 42.0 Å². The zero-order valence-corrected chi connectivity index (χ0v) is 13.2. The highest BCUT2D eigenvalue weighted by molar-refractivity contribution is 5.83. The maximum atomic E-state index is 11.5. The normalized spacial score (nSPS) is 11.0. The van der Waals surface area contributed by atoms with Crippen molar-refractivity contribution in [1.82, 2.24) is 9.55 Å². The van der Waals surface area contributed by atoms with E-state index in [2.05, 4.69) is 48.3 Å². The molecule has 0 aliphatic rings. The Hall–Kier alpha value is -3.27. The molecule has 2 aromatic carbocycles. The molecular weight excluding hydrogens is 300 g/mol. The van der Waals surface area contributed by atoms with Crippen molar-refractivity contribution in [3.05, 3.63) is 82.8 Å². The number of nitrogens with zero attached hydrogens (tertiary/aromatic N) is 1. The van der Waals surface area contributed by atoms with Gasteiger partial charge in [-0.2, -0.15) is 0 Å². The van der Waals surface area contributed by atoms with Crippen LogP contribution >= 0.6 is 0 Å². The second kappa shape index (κ2) is 5.42. The molecule has 0 radical (unpaired) electrons. The molecule has 118 valence electrons. The Morgan fingerprint density at radius 1 is 0.917 bits per heavy atom. The Kier molecular flexibility index (Phi) is 3.24. The summed E-state index contributed by atoms with van der Waals surface area (Å²) in [5.74, 6) is -0.0265. The first kappa shape index (κ1) is 14.3. The number of fused-ring (bicyclic) bond motifs is 1. The highest BCUT2D eigenvalue weighted by Gasteiger charge is 2.09. The van der Waals surface area contributed by atoms with E-state index in [4.69, 9.17) is 0 Å². The number of aromatic nitrogens is 2. The van der Waals surface area contributed by atoms with Gasteiger partial charge in [0, 0.05) is 18.0 Å². The lowest BCUT2D eigenvalue weighted by Crippen LogP contribution is -2.03. The van der Waals surface area contributed by atoms with Crippen LogP contribution in [0.2, 0.25) is 0 Å². The molecule has 0 saturated carbocycles. The summed E-state index contributed by atoms with van der Waals surface area (Å²) < 4.78 is 1.86. The smallest absolute Gasteiger partial charge is 0.252 e. The molecule has 4 heteroatoms. The fourth-order valence-electron chi connectivity index (χ4n) is 2.93. The van der Waals surface area contributed by atoms with Crippen molar-refractivity contribution in [3.63, 3.8) is 0 Å². The number of aryl methyl sites for hydroxylation is 1. The van der Waals surface area contributed by atoms with Crippen molar-refractivity contribution >= 4 is 11.0 Å². The van der Waals surface area contributed by atoms with E-state index in [-0.39, 0.29) is 11.3 Å². The highest BCUT2D eigenvalue weighted by Crippen LogP contribution is 2.27. The summed E-state index contributed by atoms with van der Waals surface area (Å²) >= 11 is 0. The number of hydrogen-bond donors (Lipinski definition) is 2. The van der Waals surface area contributed by atoms with E-state index < -0.39 is 0 Å². The molecule has 4 nitrogen and oxygen atoms in total. The van der Waals surface area contributed by atoms with Gasteiger partial charge in [-0.05, 0) is 36.2 Å². The van der Waals surface area contributed by atoms with Crippen LogP contribution in [0.15, 0.2) is 71.7 Å². The number of benzene rings is 2. The SMILES string of the molecule is Cc1ccc(-c2ccc(-n3ccc4[nH]c(=O)cc(O)c43)cc2)cc1. The summed E-state index contributed by atoms with van der Waals surface area (Å²) in [6, 6.07) is 19.5. The third-order valence-corrected chi connectivity index (χ3v) is 4.18. The molecule has 0 spiro atoms. The number of rotatable bonds is 2. The Bertz CT molecular complexity index is 1070. The fourth-order valence-corrected chi connectivity index (χ4v) is 2.93. The molecule has 0 aliphatic carbocycles. The zero-order chi connectivity index (χ0) is 16.7. The van der Waals surface area contributed by atoms with E-state index >= 15 is 0 Å². The fraction of sp³-hybridized carbons (Fsp3) is 0.0500. The Morgan fingerprint density at radius 3 is 2.21 bits per heavy atom. The van der Waals surface area contributed by atoms with Gasteiger partial charge in [-0.15, -0.1) is 0 Å². The number of hydrogen-bond acceptors (Lipinski definition) is 2. The van der Waals surface area contributed by atoms with Crippen molar-refractivity contribution in [3.8, 4) is 22.6 Å². The molecule has 2 heterocycles. The standard InChI is InChI=1S/C20H16N2O2/c1-13-2-4-14(5-3-13)15-6-8-16(9-7-15)22-11-10-17-20(22)18(23)12-19(24)21-17/h2-12H,1H3,(H2,21,23,24). The summed E-state index contributed by atoms with van der Waals surface area (Å²) in [5.41, 5.74) is 5.35. The summed E-state index contributed by atoms with van der Waals surface area (Å²) in [6.07, 6.45) is 1.83. The molecule has 4 aromatic rings. The van der Waals surface area contributed by atoms with E-state index in [1.54, 1.807) is 6.07 Å². The molecule has 24 heavy (non-hydrogen) atoms. The van der Waals surface area contributed by atoms with Crippen LogP contribution < -0.4 is 5.56 Å². The minimum absolute atomic E-state index is 0.0265. The van der Waals surface area contributed by atoms with E-state index in [1.165, 1.54) is 11.6 Å². The maximum Gasteiger partial charge on any atom is 0.252 e. The Morgan fingerprint density at radius 2 is 1.54 bits per heavy atom. The number of nitrogens with one attached hydrogen (secondary N) is 1. The van der Waals surface area contributed by atoms with Gasteiger partial charge in [-0.25, -0.2) is 0 Å². The van der Waals surface area contributed by atoms with E-state index in [9.17, 15) is 9.90 Å². The van der Waals surface area contributed by atoms with Gasteiger partial charge in [0.15, 0.2) is 0 Å². The summed E-state index contributed by atoms with van der Waals surface area (Å²) in [6.45, 7) is 2.07. The van der Waals surface area contributed by atoms with Crippen LogP contribution in [0.5, 0.6) is 5.75 Å². The van der Waals surface area contributed by atoms with Crippen LogP contribution in [0.1, 0.15) is 5.56 Å². The number of H-pyrrole nitrogens is 1. The first-order chi connectivity index (χ1) is 11.6. The monoisotopic (exact) mass is 316 g/mol. The van der Waals surface area contributed by atoms with Gasteiger partial charge in [-0.3, -0.25) is 4.79 Å². The number of aromatic amines is 1. The predicted molar refractivity (Wildman–Crippen MR) is 95.7 cm³/mol. The summed E-state index contributed by atoms with van der Waals surface area (Å²) in [5, 5.41) is 10.1. The molecule has 0 atom stereocenters. The summed E-state index contributed by atoms with van der Waals surface area (Å²) in [7, 11) is 0. The van der Waals surface area contributed by atoms with E-state index in [1.807, 2.05) is 22.9 Å².